The van der Waals surface area contributed by atoms with Crippen molar-refractivity contribution >= 4 is 18.5 Å². The number of amides is 1. The van der Waals surface area contributed by atoms with Gasteiger partial charge in [-0.05, 0) is 30.5 Å². The second kappa shape index (κ2) is 6.28. The van der Waals surface area contributed by atoms with Gasteiger partial charge in [0.1, 0.15) is 0 Å². The normalized spacial score (nSPS) is 16.6. The number of nitrogens with zero attached hydrogens (tertiary/aromatic N) is 1. The number of thiol groups is 1. The Bertz CT molecular complexity index is 395. The van der Waals surface area contributed by atoms with Gasteiger partial charge in [0.15, 0.2) is 0 Å². The molecule has 0 heterocycles. The molecule has 0 bridgehead atoms. The van der Waals surface area contributed by atoms with Gasteiger partial charge in [0.2, 0.25) is 0 Å². The molecule has 18 heavy (non-hydrogen) atoms. The molecular weight excluding hydrogens is 242 g/mol. The van der Waals surface area contributed by atoms with Crippen molar-refractivity contribution in [2.24, 2.45) is 0 Å². The van der Waals surface area contributed by atoms with Crippen LogP contribution >= 0.6 is 12.6 Å². The van der Waals surface area contributed by atoms with Gasteiger partial charge in [-0.2, -0.15) is 12.6 Å². The Labute approximate surface area is 115 Å². The summed E-state index contributed by atoms with van der Waals surface area (Å²) in [6, 6.07) is 8.21. The third-order valence-electron chi connectivity index (χ3n) is 3.83. The molecule has 0 aromatic heterocycles. The summed E-state index contributed by atoms with van der Waals surface area (Å²) in [6.45, 7) is 0. The molecule has 2 rings (SSSR count). The van der Waals surface area contributed by atoms with E-state index in [9.17, 15) is 4.79 Å². The van der Waals surface area contributed by atoms with E-state index in [1.807, 2.05) is 36.2 Å². The van der Waals surface area contributed by atoms with Gasteiger partial charge in [-0.25, -0.2) is 0 Å². The maximum absolute atomic E-state index is 12.4. The lowest BCUT2D eigenvalue weighted by Gasteiger charge is -2.31. The summed E-state index contributed by atoms with van der Waals surface area (Å²) in [7, 11) is 1.94. The molecular formula is C15H21NOS. The number of hydrogen-bond donors (Lipinski definition) is 1. The quantitative estimate of drug-likeness (QED) is 0.827. The molecule has 1 amide bonds. The van der Waals surface area contributed by atoms with Crippen LogP contribution in [0.3, 0.4) is 0 Å². The monoisotopic (exact) mass is 263 g/mol. The zero-order valence-electron chi connectivity index (χ0n) is 10.9. The highest BCUT2D eigenvalue weighted by atomic mass is 32.1. The predicted octanol–water partition coefficient (Wildman–Crippen LogP) is 3.52. The minimum Gasteiger partial charge on any atom is -0.339 e. The van der Waals surface area contributed by atoms with Crippen LogP contribution in [0.4, 0.5) is 0 Å². The summed E-state index contributed by atoms with van der Waals surface area (Å²) < 4.78 is 0. The molecule has 0 aliphatic heterocycles. The van der Waals surface area contributed by atoms with E-state index in [-0.39, 0.29) is 5.91 Å². The first kappa shape index (κ1) is 13.5. The summed E-state index contributed by atoms with van der Waals surface area (Å²) in [4.78, 5) is 14.3. The highest BCUT2D eigenvalue weighted by molar-refractivity contribution is 7.79. The summed E-state index contributed by atoms with van der Waals surface area (Å²) in [5, 5.41) is 0. The smallest absolute Gasteiger partial charge is 0.253 e. The highest BCUT2D eigenvalue weighted by Crippen LogP contribution is 2.23. The number of rotatable bonds is 3. The van der Waals surface area contributed by atoms with Crippen LogP contribution in [-0.4, -0.2) is 23.9 Å². The van der Waals surface area contributed by atoms with Crippen LogP contribution in [0.1, 0.15) is 48.0 Å². The van der Waals surface area contributed by atoms with Gasteiger partial charge < -0.3 is 4.90 Å². The first-order chi connectivity index (χ1) is 8.72. The van der Waals surface area contributed by atoms with E-state index in [4.69, 9.17) is 0 Å². The zero-order valence-corrected chi connectivity index (χ0v) is 11.8. The van der Waals surface area contributed by atoms with E-state index in [2.05, 4.69) is 12.6 Å². The van der Waals surface area contributed by atoms with Crippen LogP contribution in [0.15, 0.2) is 24.3 Å². The van der Waals surface area contributed by atoms with E-state index in [0.717, 1.165) is 24.0 Å². The highest BCUT2D eigenvalue weighted by Gasteiger charge is 2.22. The molecule has 1 aromatic rings. The summed E-state index contributed by atoms with van der Waals surface area (Å²) in [5.74, 6) is 0.861. The summed E-state index contributed by atoms with van der Waals surface area (Å²) in [5.41, 5.74) is 1.93. The van der Waals surface area contributed by atoms with Crippen LogP contribution < -0.4 is 0 Å². The Morgan fingerprint density at radius 3 is 2.39 bits per heavy atom. The van der Waals surface area contributed by atoms with Crippen LogP contribution in [-0.2, 0) is 5.75 Å². The number of carbonyl (C=O) groups is 1. The molecule has 0 unspecified atom stereocenters. The Morgan fingerprint density at radius 2 is 1.83 bits per heavy atom. The molecule has 0 radical (unpaired) electrons. The number of carbonyl (C=O) groups excluding carboxylic acids is 1. The first-order valence-corrected chi connectivity index (χ1v) is 7.32. The number of hydrogen-bond acceptors (Lipinski definition) is 2. The van der Waals surface area contributed by atoms with E-state index < -0.39 is 0 Å². The van der Waals surface area contributed by atoms with Crippen LogP contribution in [0.2, 0.25) is 0 Å². The molecule has 0 saturated heterocycles. The topological polar surface area (TPSA) is 20.3 Å². The maximum atomic E-state index is 12.4. The standard InChI is InChI=1S/C15H21NOS/c1-16(14-5-3-2-4-6-14)15(17)13-9-7-12(11-18)8-10-13/h7-10,14,18H,2-6,11H2,1H3. The van der Waals surface area contributed by atoms with Crippen LogP contribution in [0, 0.1) is 0 Å². The van der Waals surface area contributed by atoms with Gasteiger partial charge in [-0.3, -0.25) is 4.79 Å². The molecule has 3 heteroatoms. The Hall–Kier alpha value is -0.960. The molecule has 0 atom stereocenters. The van der Waals surface area contributed by atoms with Gasteiger partial charge in [0.05, 0.1) is 0 Å². The molecule has 1 aromatic carbocycles. The fourth-order valence-electron chi connectivity index (χ4n) is 2.59. The van der Waals surface area contributed by atoms with E-state index in [1.54, 1.807) is 0 Å². The van der Waals surface area contributed by atoms with Gasteiger partial charge in [-0.15, -0.1) is 0 Å². The zero-order chi connectivity index (χ0) is 13.0. The lowest BCUT2D eigenvalue weighted by molar-refractivity contribution is 0.0696. The molecule has 0 N–H and O–H groups in total. The summed E-state index contributed by atoms with van der Waals surface area (Å²) >= 11 is 4.22. The molecule has 1 aliphatic carbocycles. The Balaban J connectivity index is 2.04. The Kier molecular flexibility index (Phi) is 4.70. The fraction of sp³-hybridized carbons (Fsp3) is 0.533. The number of benzene rings is 1. The van der Waals surface area contributed by atoms with Crippen LogP contribution in [0.25, 0.3) is 0 Å². The lowest BCUT2D eigenvalue weighted by Crippen LogP contribution is -2.38. The van der Waals surface area contributed by atoms with Crippen molar-refractivity contribution < 1.29 is 4.79 Å². The van der Waals surface area contributed by atoms with Crippen molar-refractivity contribution in [3.8, 4) is 0 Å². The minimum atomic E-state index is 0.146. The second-order valence-corrected chi connectivity index (χ2v) is 5.38. The second-order valence-electron chi connectivity index (χ2n) is 5.06. The third kappa shape index (κ3) is 3.08. The lowest BCUT2D eigenvalue weighted by atomic mass is 9.94. The van der Waals surface area contributed by atoms with Gasteiger partial charge in [0, 0.05) is 24.4 Å². The molecule has 98 valence electrons. The SMILES string of the molecule is CN(C(=O)c1ccc(CS)cc1)C1CCCCC1. The van der Waals surface area contributed by atoms with Gasteiger partial charge in [0.25, 0.3) is 5.91 Å². The van der Waals surface area contributed by atoms with Crippen molar-refractivity contribution in [3.05, 3.63) is 35.4 Å². The molecule has 1 aliphatic rings. The average Bonchev–Trinajstić information content (AvgIpc) is 2.47. The van der Waals surface area contributed by atoms with Crippen molar-refractivity contribution in [1.82, 2.24) is 4.90 Å². The van der Waals surface area contributed by atoms with Gasteiger partial charge >= 0.3 is 0 Å². The van der Waals surface area contributed by atoms with Gasteiger partial charge in [-0.1, -0.05) is 31.4 Å². The largest absolute Gasteiger partial charge is 0.339 e. The van der Waals surface area contributed by atoms with E-state index in [1.165, 1.54) is 19.3 Å². The predicted molar refractivity (Wildman–Crippen MR) is 78.1 cm³/mol. The Morgan fingerprint density at radius 1 is 1.22 bits per heavy atom. The average molecular weight is 263 g/mol. The minimum absolute atomic E-state index is 0.146. The fourth-order valence-corrected chi connectivity index (χ4v) is 2.80. The van der Waals surface area contributed by atoms with Crippen molar-refractivity contribution in [2.45, 2.75) is 43.9 Å². The third-order valence-corrected chi connectivity index (χ3v) is 4.19. The molecule has 1 fully saturated rings. The maximum Gasteiger partial charge on any atom is 0.253 e. The van der Waals surface area contributed by atoms with Crippen molar-refractivity contribution in [2.75, 3.05) is 7.05 Å². The molecule has 2 nitrogen and oxygen atoms in total. The van der Waals surface area contributed by atoms with Crippen molar-refractivity contribution in [1.29, 1.82) is 0 Å². The van der Waals surface area contributed by atoms with Crippen LogP contribution in [0.5, 0.6) is 0 Å². The van der Waals surface area contributed by atoms with Crippen molar-refractivity contribution in [3.63, 3.8) is 0 Å². The molecule has 1 saturated carbocycles. The summed E-state index contributed by atoms with van der Waals surface area (Å²) in [6.07, 6.45) is 6.12. The first-order valence-electron chi connectivity index (χ1n) is 6.69. The van der Waals surface area contributed by atoms with E-state index in [0.29, 0.717) is 11.8 Å². The molecule has 0 spiro atoms. The van der Waals surface area contributed by atoms with E-state index >= 15 is 0 Å².